The predicted molar refractivity (Wildman–Crippen MR) is 76.5 cm³/mol. The van der Waals surface area contributed by atoms with Gasteiger partial charge in [-0.15, -0.1) is 0 Å². The fourth-order valence-corrected chi connectivity index (χ4v) is 1.93. The molecule has 106 valence electrons. The van der Waals surface area contributed by atoms with E-state index in [0.717, 1.165) is 5.56 Å². The van der Waals surface area contributed by atoms with Gasteiger partial charge in [0.1, 0.15) is 24.2 Å². The van der Waals surface area contributed by atoms with Crippen molar-refractivity contribution in [3.05, 3.63) is 58.9 Å². The number of aryl methyl sites for hydroxylation is 1. The van der Waals surface area contributed by atoms with Crippen LogP contribution in [0, 0.1) is 24.1 Å². The van der Waals surface area contributed by atoms with E-state index >= 15 is 0 Å². The number of benzene rings is 2. The van der Waals surface area contributed by atoms with Crippen LogP contribution in [-0.4, -0.2) is 17.2 Å². The van der Waals surface area contributed by atoms with Crippen LogP contribution in [0.2, 0.25) is 0 Å². The Bertz CT molecular complexity index is 698. The Hall–Kier alpha value is -2.36. The Morgan fingerprint density at radius 3 is 2.71 bits per heavy atom. The molecule has 2 rings (SSSR count). The molecule has 2 aromatic rings. The van der Waals surface area contributed by atoms with Gasteiger partial charge >= 0.3 is 7.12 Å². The minimum absolute atomic E-state index is 0.0533. The average molecular weight is 285 g/mol. The number of hydrogen-bond acceptors (Lipinski definition) is 4. The second kappa shape index (κ2) is 6.40. The van der Waals surface area contributed by atoms with E-state index < -0.39 is 12.9 Å². The summed E-state index contributed by atoms with van der Waals surface area (Å²) in [5, 5.41) is 27.4. The van der Waals surface area contributed by atoms with E-state index in [2.05, 4.69) is 0 Å². The summed E-state index contributed by atoms with van der Waals surface area (Å²) >= 11 is 0. The van der Waals surface area contributed by atoms with Gasteiger partial charge < -0.3 is 14.8 Å². The van der Waals surface area contributed by atoms with Crippen LogP contribution in [0.25, 0.3) is 0 Å². The van der Waals surface area contributed by atoms with Gasteiger partial charge in [0.15, 0.2) is 0 Å². The van der Waals surface area contributed by atoms with Crippen LogP contribution in [0.1, 0.15) is 16.7 Å². The molecule has 0 bridgehead atoms. The van der Waals surface area contributed by atoms with E-state index in [-0.39, 0.29) is 28.9 Å². The zero-order chi connectivity index (χ0) is 15.4. The van der Waals surface area contributed by atoms with Crippen LogP contribution >= 0.6 is 0 Å². The molecule has 0 aliphatic carbocycles. The van der Waals surface area contributed by atoms with Gasteiger partial charge in [0.25, 0.3) is 0 Å². The van der Waals surface area contributed by atoms with Crippen molar-refractivity contribution < 1.29 is 19.2 Å². The highest BCUT2D eigenvalue weighted by atomic mass is 19.1. The Morgan fingerprint density at radius 1 is 1.29 bits per heavy atom. The first-order chi connectivity index (χ1) is 10.0. The second-order valence-electron chi connectivity index (χ2n) is 4.59. The largest absolute Gasteiger partial charge is 0.492 e. The first-order valence-corrected chi connectivity index (χ1v) is 6.30. The number of nitrogens with zero attached hydrogens (tertiary/aromatic N) is 1. The molecule has 2 N–H and O–H groups in total. The van der Waals surface area contributed by atoms with E-state index in [1.807, 2.05) is 6.92 Å². The molecule has 0 saturated carbocycles. The topological polar surface area (TPSA) is 73.5 Å². The van der Waals surface area contributed by atoms with E-state index in [1.165, 1.54) is 12.1 Å². The van der Waals surface area contributed by atoms with Gasteiger partial charge in [0.05, 0.1) is 5.56 Å². The molecule has 4 nitrogen and oxygen atoms in total. The molecular formula is C15H13BFNO3. The van der Waals surface area contributed by atoms with Crippen LogP contribution in [0.15, 0.2) is 36.4 Å². The number of halogens is 1. The van der Waals surface area contributed by atoms with Crippen molar-refractivity contribution >= 4 is 12.6 Å². The number of ether oxygens (including phenoxy) is 1. The second-order valence-corrected chi connectivity index (χ2v) is 4.59. The van der Waals surface area contributed by atoms with Gasteiger partial charge in [-0.25, -0.2) is 4.39 Å². The third-order valence-electron chi connectivity index (χ3n) is 3.03. The lowest BCUT2D eigenvalue weighted by Gasteiger charge is -2.12. The van der Waals surface area contributed by atoms with E-state index in [9.17, 15) is 14.4 Å². The van der Waals surface area contributed by atoms with Crippen LogP contribution in [0.3, 0.4) is 0 Å². The van der Waals surface area contributed by atoms with Crippen molar-refractivity contribution in [2.45, 2.75) is 13.5 Å². The highest BCUT2D eigenvalue weighted by Gasteiger charge is 2.18. The molecule has 2 aromatic carbocycles. The molecule has 0 unspecified atom stereocenters. The maximum Gasteiger partial charge on any atom is 0.492 e. The average Bonchev–Trinajstić information content (AvgIpc) is 2.47. The van der Waals surface area contributed by atoms with Crippen molar-refractivity contribution in [3.8, 4) is 11.8 Å². The summed E-state index contributed by atoms with van der Waals surface area (Å²) in [6.07, 6.45) is 0. The molecule has 0 aliphatic rings. The van der Waals surface area contributed by atoms with Crippen LogP contribution in [0.5, 0.6) is 5.75 Å². The Morgan fingerprint density at radius 2 is 2.05 bits per heavy atom. The molecular weight excluding hydrogens is 272 g/mol. The van der Waals surface area contributed by atoms with Crippen molar-refractivity contribution in [1.82, 2.24) is 0 Å². The van der Waals surface area contributed by atoms with Crippen molar-refractivity contribution in [1.29, 1.82) is 5.26 Å². The molecule has 0 aliphatic heterocycles. The first-order valence-electron chi connectivity index (χ1n) is 6.30. The molecule has 0 amide bonds. The number of hydrogen-bond donors (Lipinski definition) is 2. The van der Waals surface area contributed by atoms with E-state index in [4.69, 9.17) is 10.00 Å². The van der Waals surface area contributed by atoms with Crippen LogP contribution in [0.4, 0.5) is 4.39 Å². The standard InChI is InChI=1S/C15H13BFNO3/c1-10-5-6-14(13(7-10)16(19)20)21-9-12-4-2-3-11(8-18)15(12)17/h2-7,19-20H,9H2,1H3. The van der Waals surface area contributed by atoms with E-state index in [0.29, 0.717) is 0 Å². The molecule has 6 heteroatoms. The zero-order valence-corrected chi connectivity index (χ0v) is 11.4. The lowest BCUT2D eigenvalue weighted by atomic mass is 9.79. The lowest BCUT2D eigenvalue weighted by Crippen LogP contribution is -2.31. The summed E-state index contributed by atoms with van der Waals surface area (Å²) in [5.74, 6) is -0.365. The fraction of sp³-hybridized carbons (Fsp3) is 0.133. The normalized spacial score (nSPS) is 10.0. The quantitative estimate of drug-likeness (QED) is 0.829. The highest BCUT2D eigenvalue weighted by molar-refractivity contribution is 6.59. The van der Waals surface area contributed by atoms with Crippen molar-refractivity contribution in [2.75, 3.05) is 0 Å². The molecule has 0 spiro atoms. The van der Waals surface area contributed by atoms with Gasteiger partial charge in [-0.3, -0.25) is 0 Å². The fourth-order valence-electron chi connectivity index (χ4n) is 1.93. The highest BCUT2D eigenvalue weighted by Crippen LogP contribution is 2.16. The summed E-state index contributed by atoms with van der Waals surface area (Å²) in [6.45, 7) is 1.70. The monoisotopic (exact) mass is 285 g/mol. The van der Waals surface area contributed by atoms with Crippen molar-refractivity contribution in [3.63, 3.8) is 0 Å². The Balaban J connectivity index is 2.23. The maximum atomic E-state index is 13.9. The van der Waals surface area contributed by atoms with Crippen LogP contribution < -0.4 is 10.2 Å². The molecule has 0 fully saturated rings. The SMILES string of the molecule is Cc1ccc(OCc2cccc(C#N)c2F)c(B(O)O)c1. The third-order valence-corrected chi connectivity index (χ3v) is 3.03. The molecule has 0 saturated heterocycles. The molecule has 0 atom stereocenters. The summed E-state index contributed by atoms with van der Waals surface area (Å²) in [7, 11) is -1.67. The molecule has 0 heterocycles. The summed E-state index contributed by atoms with van der Waals surface area (Å²) in [5.41, 5.74) is 1.24. The minimum Gasteiger partial charge on any atom is -0.489 e. The summed E-state index contributed by atoms with van der Waals surface area (Å²) in [4.78, 5) is 0. The smallest absolute Gasteiger partial charge is 0.489 e. The summed E-state index contributed by atoms with van der Waals surface area (Å²) in [6, 6.07) is 11.2. The van der Waals surface area contributed by atoms with Gasteiger partial charge in [-0.1, -0.05) is 29.8 Å². The number of rotatable bonds is 4. The number of nitriles is 1. The van der Waals surface area contributed by atoms with Gasteiger partial charge in [0.2, 0.25) is 0 Å². The summed E-state index contributed by atoms with van der Waals surface area (Å²) < 4.78 is 19.3. The van der Waals surface area contributed by atoms with Gasteiger partial charge in [0, 0.05) is 11.0 Å². The lowest BCUT2D eigenvalue weighted by molar-refractivity contribution is 0.300. The van der Waals surface area contributed by atoms with E-state index in [1.54, 1.807) is 30.3 Å². The zero-order valence-electron chi connectivity index (χ0n) is 11.4. The molecule has 0 aromatic heterocycles. The minimum atomic E-state index is -1.67. The van der Waals surface area contributed by atoms with Crippen LogP contribution in [-0.2, 0) is 6.61 Å². The van der Waals surface area contributed by atoms with Gasteiger partial charge in [-0.2, -0.15) is 5.26 Å². The van der Waals surface area contributed by atoms with Crippen molar-refractivity contribution in [2.24, 2.45) is 0 Å². The molecule has 0 radical (unpaired) electrons. The Kier molecular flexibility index (Phi) is 4.58. The van der Waals surface area contributed by atoms with Gasteiger partial charge in [-0.05, 0) is 19.1 Å². The predicted octanol–water partition coefficient (Wildman–Crippen LogP) is 1.26. The first kappa shape index (κ1) is 15.0. The molecule has 21 heavy (non-hydrogen) atoms. The third kappa shape index (κ3) is 3.40. The Labute approximate surface area is 122 Å². The maximum absolute atomic E-state index is 13.9.